The van der Waals surface area contributed by atoms with Gasteiger partial charge in [0.1, 0.15) is 17.2 Å². The molecule has 0 aliphatic carbocycles. The second-order valence-electron chi connectivity index (χ2n) is 7.82. The number of benzene rings is 2. The van der Waals surface area contributed by atoms with Crippen molar-refractivity contribution in [1.82, 2.24) is 0 Å². The van der Waals surface area contributed by atoms with Gasteiger partial charge in [-0.05, 0) is 29.3 Å². The van der Waals surface area contributed by atoms with Crippen molar-refractivity contribution in [3.63, 3.8) is 0 Å². The van der Waals surface area contributed by atoms with Gasteiger partial charge in [0.05, 0.1) is 25.7 Å². The Bertz CT molecular complexity index is 1070. The summed E-state index contributed by atoms with van der Waals surface area (Å²) in [7, 11) is 1.25. The number of hydrogen-bond acceptors (Lipinski definition) is 5. The minimum Gasteiger partial charge on any atom is -0.469 e. The van der Waals surface area contributed by atoms with Gasteiger partial charge in [-0.25, -0.2) is 4.39 Å². The molecule has 0 fully saturated rings. The molecule has 0 saturated carbocycles. The van der Waals surface area contributed by atoms with Crippen LogP contribution >= 0.6 is 0 Å². The summed E-state index contributed by atoms with van der Waals surface area (Å²) in [4.78, 5) is 11.3. The van der Waals surface area contributed by atoms with Crippen LogP contribution < -0.4 is 0 Å². The molecule has 2 aromatic carbocycles. The number of carbonyl (C=O) groups excluding carboxylic acids is 1. The van der Waals surface area contributed by atoms with E-state index in [0.717, 1.165) is 27.8 Å². The monoisotopic (exact) mass is 426 g/mol. The fraction of sp³-hybridized carbons (Fsp3) is 0.320. The Morgan fingerprint density at radius 2 is 1.87 bits per heavy atom. The lowest BCUT2D eigenvalue weighted by molar-refractivity contribution is -0.143. The number of ether oxygens (including phenoxy) is 1. The van der Waals surface area contributed by atoms with Crippen molar-refractivity contribution in [2.45, 2.75) is 44.8 Å². The van der Waals surface area contributed by atoms with Gasteiger partial charge in [-0.1, -0.05) is 50.3 Å². The van der Waals surface area contributed by atoms with Gasteiger partial charge in [0.25, 0.3) is 0 Å². The summed E-state index contributed by atoms with van der Waals surface area (Å²) in [5.41, 5.74) is 3.27. The molecule has 0 aliphatic heterocycles. The van der Waals surface area contributed by atoms with Crippen LogP contribution in [0.3, 0.4) is 0 Å². The Hall–Kier alpha value is -2.96. The second-order valence-corrected chi connectivity index (χ2v) is 7.82. The van der Waals surface area contributed by atoms with E-state index in [9.17, 15) is 19.4 Å². The molecule has 6 heteroatoms. The number of halogens is 1. The molecule has 0 radical (unpaired) electrons. The maximum Gasteiger partial charge on any atom is 0.308 e. The lowest BCUT2D eigenvalue weighted by Crippen LogP contribution is -2.20. The first kappa shape index (κ1) is 22.7. The van der Waals surface area contributed by atoms with Gasteiger partial charge in [-0.3, -0.25) is 4.79 Å². The minimum atomic E-state index is -1.01. The molecule has 0 bridgehead atoms. The van der Waals surface area contributed by atoms with Gasteiger partial charge in [0.2, 0.25) is 0 Å². The van der Waals surface area contributed by atoms with E-state index in [1.807, 2.05) is 32.0 Å². The van der Waals surface area contributed by atoms with Crippen molar-refractivity contribution >= 4 is 23.0 Å². The maximum absolute atomic E-state index is 13.4. The zero-order chi connectivity index (χ0) is 22.5. The van der Waals surface area contributed by atoms with Gasteiger partial charge >= 0.3 is 5.97 Å². The largest absolute Gasteiger partial charge is 0.469 e. The number of aliphatic hydroxyl groups is 2. The van der Waals surface area contributed by atoms with E-state index in [1.165, 1.54) is 19.2 Å². The number of aliphatic hydroxyl groups excluding tert-OH is 2. The van der Waals surface area contributed by atoms with Crippen molar-refractivity contribution in [3.05, 3.63) is 65.7 Å². The van der Waals surface area contributed by atoms with E-state index in [0.29, 0.717) is 5.58 Å². The average molecular weight is 426 g/mol. The number of furan rings is 1. The molecule has 0 saturated heterocycles. The van der Waals surface area contributed by atoms with Crippen LogP contribution in [-0.2, 0) is 9.53 Å². The molecule has 5 nitrogen and oxygen atoms in total. The highest BCUT2D eigenvalue weighted by atomic mass is 19.1. The highest BCUT2D eigenvalue weighted by molar-refractivity contribution is 6.00. The smallest absolute Gasteiger partial charge is 0.308 e. The summed E-state index contributed by atoms with van der Waals surface area (Å²) < 4.78 is 24.1. The molecule has 2 N–H and O–H groups in total. The predicted octanol–water partition coefficient (Wildman–Crippen LogP) is 5.05. The number of fused-ring (bicyclic) bond motifs is 1. The molecule has 0 aliphatic rings. The predicted molar refractivity (Wildman–Crippen MR) is 118 cm³/mol. The third-order valence-electron chi connectivity index (χ3n) is 5.09. The molecule has 2 unspecified atom stereocenters. The zero-order valence-corrected chi connectivity index (χ0v) is 17.8. The minimum absolute atomic E-state index is 0.00319. The van der Waals surface area contributed by atoms with Gasteiger partial charge in [0.15, 0.2) is 0 Å². The van der Waals surface area contributed by atoms with Crippen LogP contribution in [0.25, 0.3) is 28.2 Å². The van der Waals surface area contributed by atoms with E-state index in [2.05, 4.69) is 4.74 Å². The Labute approximate surface area is 180 Å². The highest BCUT2D eigenvalue weighted by Gasteiger charge is 2.19. The van der Waals surface area contributed by atoms with Crippen molar-refractivity contribution in [3.8, 4) is 11.1 Å². The number of hydrogen-bond donors (Lipinski definition) is 2. The van der Waals surface area contributed by atoms with Crippen LogP contribution in [0, 0.1) is 5.82 Å². The van der Waals surface area contributed by atoms with E-state index >= 15 is 0 Å². The number of rotatable bonds is 8. The second kappa shape index (κ2) is 9.90. The fourth-order valence-electron chi connectivity index (χ4n) is 3.58. The zero-order valence-electron chi connectivity index (χ0n) is 17.8. The van der Waals surface area contributed by atoms with Crippen LogP contribution in [0.1, 0.15) is 43.9 Å². The topological polar surface area (TPSA) is 79.9 Å². The summed E-state index contributed by atoms with van der Waals surface area (Å²) in [6, 6.07) is 12.0. The van der Waals surface area contributed by atoms with Crippen LogP contribution in [-0.4, -0.2) is 35.5 Å². The molecule has 164 valence electrons. The lowest BCUT2D eigenvalue weighted by Gasteiger charge is -2.12. The molecule has 0 amide bonds. The molecule has 2 atom stereocenters. The van der Waals surface area contributed by atoms with Gasteiger partial charge < -0.3 is 19.4 Å². The molecular formula is C25H27FO5. The first-order valence-electron chi connectivity index (χ1n) is 10.2. The molecule has 3 rings (SSSR count). The number of esters is 1. The lowest BCUT2D eigenvalue weighted by atomic mass is 9.95. The summed E-state index contributed by atoms with van der Waals surface area (Å²) in [6.07, 6.45) is 1.22. The van der Waals surface area contributed by atoms with Crippen LogP contribution in [0.4, 0.5) is 4.39 Å². The van der Waals surface area contributed by atoms with Crippen LogP contribution in [0.15, 0.2) is 53.0 Å². The van der Waals surface area contributed by atoms with Crippen molar-refractivity contribution in [2.75, 3.05) is 7.11 Å². The number of carbonyl (C=O) groups is 1. The first-order chi connectivity index (χ1) is 14.8. The van der Waals surface area contributed by atoms with Gasteiger partial charge in [0, 0.05) is 23.3 Å². The first-order valence-corrected chi connectivity index (χ1v) is 10.2. The molecule has 0 spiro atoms. The maximum atomic E-state index is 13.4. The van der Waals surface area contributed by atoms with Crippen LogP contribution in [0.5, 0.6) is 0 Å². The normalized spacial score (nSPS) is 13.8. The molecule has 3 aromatic rings. The van der Waals surface area contributed by atoms with E-state index in [-0.39, 0.29) is 24.6 Å². The Morgan fingerprint density at radius 1 is 1.16 bits per heavy atom. The molecule has 1 heterocycles. The van der Waals surface area contributed by atoms with Crippen LogP contribution in [0.2, 0.25) is 0 Å². The third kappa shape index (κ3) is 5.40. The Kier molecular flexibility index (Phi) is 7.25. The fourth-order valence-corrected chi connectivity index (χ4v) is 3.58. The SMILES string of the molecule is COC(=O)CC(O)CC(O)C=Cc1c(C(C)C)oc2cccc(-c3ccc(F)cc3)c12. The average Bonchev–Trinajstić information content (AvgIpc) is 3.11. The van der Waals surface area contributed by atoms with E-state index in [1.54, 1.807) is 24.3 Å². The summed E-state index contributed by atoms with van der Waals surface area (Å²) in [5, 5.41) is 21.2. The van der Waals surface area contributed by atoms with Crippen molar-refractivity contribution in [1.29, 1.82) is 0 Å². The van der Waals surface area contributed by atoms with E-state index in [4.69, 9.17) is 4.42 Å². The summed E-state index contributed by atoms with van der Waals surface area (Å²) >= 11 is 0. The van der Waals surface area contributed by atoms with Gasteiger partial charge in [-0.15, -0.1) is 0 Å². The Morgan fingerprint density at radius 3 is 2.52 bits per heavy atom. The highest BCUT2D eigenvalue weighted by Crippen LogP contribution is 2.38. The quantitative estimate of drug-likeness (QED) is 0.493. The number of methoxy groups -OCH3 is 1. The van der Waals surface area contributed by atoms with Gasteiger partial charge in [-0.2, -0.15) is 0 Å². The van der Waals surface area contributed by atoms with Crippen molar-refractivity contribution < 1.29 is 28.6 Å². The standard InChI is InChI=1S/C25H27FO5/c1-15(2)25-21(12-11-18(27)13-19(28)14-23(29)30-3)24-20(5-4-6-22(24)31-25)16-7-9-17(26)10-8-16/h4-12,15,18-19,27-28H,13-14H2,1-3H3. The molecule has 31 heavy (non-hydrogen) atoms. The van der Waals surface area contributed by atoms with E-state index < -0.39 is 18.2 Å². The summed E-state index contributed by atoms with van der Waals surface area (Å²) in [5.74, 6) is 0.0218. The Balaban J connectivity index is 1.98. The molecule has 1 aromatic heterocycles. The van der Waals surface area contributed by atoms with Crippen molar-refractivity contribution in [2.24, 2.45) is 0 Å². The third-order valence-corrected chi connectivity index (χ3v) is 5.09. The molecular weight excluding hydrogens is 399 g/mol. The summed E-state index contributed by atoms with van der Waals surface area (Å²) in [6.45, 7) is 4.03.